The monoisotopic (exact) mass is 355 g/mol. The molecule has 1 saturated heterocycles. The first kappa shape index (κ1) is 19.4. The SMILES string of the molecule is CCC1=N[C@@H](C(C)(C)C)C(C(C)(C)C)=C2C[C@H](NS(C)(=O)=O)CN12. The van der Waals surface area contributed by atoms with E-state index >= 15 is 0 Å². The topological polar surface area (TPSA) is 61.8 Å². The minimum Gasteiger partial charge on any atom is -0.332 e. The summed E-state index contributed by atoms with van der Waals surface area (Å²) in [5.41, 5.74) is 2.65. The Balaban J connectivity index is 2.54. The molecule has 0 aliphatic carbocycles. The number of amidine groups is 1. The van der Waals surface area contributed by atoms with Crippen molar-refractivity contribution in [1.82, 2.24) is 9.62 Å². The Kier molecular flexibility index (Phi) is 4.97. The molecule has 1 fully saturated rings. The van der Waals surface area contributed by atoms with Crippen LogP contribution in [0.3, 0.4) is 0 Å². The third-order valence-electron chi connectivity index (χ3n) is 4.67. The van der Waals surface area contributed by atoms with Gasteiger partial charge in [0.1, 0.15) is 5.84 Å². The predicted molar refractivity (Wildman–Crippen MR) is 101 cm³/mol. The zero-order valence-electron chi connectivity index (χ0n) is 16.4. The predicted octanol–water partition coefficient (Wildman–Crippen LogP) is 3.15. The molecule has 0 bridgehead atoms. The van der Waals surface area contributed by atoms with Gasteiger partial charge in [-0.1, -0.05) is 48.5 Å². The van der Waals surface area contributed by atoms with Crippen molar-refractivity contribution in [2.24, 2.45) is 15.8 Å². The lowest BCUT2D eigenvalue weighted by Gasteiger charge is -2.43. The summed E-state index contributed by atoms with van der Waals surface area (Å²) in [7, 11) is -3.21. The molecule has 0 aromatic rings. The summed E-state index contributed by atoms with van der Waals surface area (Å²) in [5, 5.41) is 0. The Labute approximate surface area is 147 Å². The van der Waals surface area contributed by atoms with Gasteiger partial charge in [0.15, 0.2) is 0 Å². The van der Waals surface area contributed by atoms with Gasteiger partial charge in [-0.05, 0) is 16.4 Å². The molecule has 2 rings (SSSR count). The van der Waals surface area contributed by atoms with E-state index in [4.69, 9.17) is 4.99 Å². The second kappa shape index (κ2) is 6.13. The van der Waals surface area contributed by atoms with Crippen molar-refractivity contribution < 1.29 is 8.42 Å². The smallest absolute Gasteiger partial charge is 0.209 e. The number of sulfonamides is 1. The van der Waals surface area contributed by atoms with E-state index in [0.717, 1.165) is 18.7 Å². The number of nitrogens with zero attached hydrogens (tertiary/aromatic N) is 2. The van der Waals surface area contributed by atoms with Crippen molar-refractivity contribution >= 4 is 15.9 Å². The molecule has 1 N–H and O–H groups in total. The van der Waals surface area contributed by atoms with E-state index in [9.17, 15) is 8.42 Å². The third-order valence-corrected chi connectivity index (χ3v) is 5.43. The van der Waals surface area contributed by atoms with E-state index in [1.807, 2.05) is 0 Å². The largest absolute Gasteiger partial charge is 0.332 e. The van der Waals surface area contributed by atoms with Gasteiger partial charge in [0, 0.05) is 31.1 Å². The highest BCUT2D eigenvalue weighted by Gasteiger charge is 2.44. The summed E-state index contributed by atoms with van der Waals surface area (Å²) in [4.78, 5) is 7.36. The second-order valence-corrected chi connectivity index (χ2v) is 11.0. The molecule has 138 valence electrons. The van der Waals surface area contributed by atoms with Crippen molar-refractivity contribution in [2.75, 3.05) is 12.8 Å². The summed E-state index contributed by atoms with van der Waals surface area (Å²) in [6, 6.07) is 0.0542. The van der Waals surface area contributed by atoms with E-state index in [0.29, 0.717) is 6.54 Å². The van der Waals surface area contributed by atoms with Crippen molar-refractivity contribution in [1.29, 1.82) is 0 Å². The van der Waals surface area contributed by atoms with Gasteiger partial charge >= 0.3 is 0 Å². The van der Waals surface area contributed by atoms with Gasteiger partial charge in [-0.15, -0.1) is 0 Å². The van der Waals surface area contributed by atoms with Crippen LogP contribution in [0.4, 0.5) is 0 Å². The molecule has 2 heterocycles. The molecular weight excluding hydrogens is 322 g/mol. The van der Waals surface area contributed by atoms with Gasteiger partial charge in [-0.3, -0.25) is 4.99 Å². The number of hydrogen-bond acceptors (Lipinski definition) is 4. The minimum absolute atomic E-state index is 0.00567. The minimum atomic E-state index is -3.21. The lowest BCUT2D eigenvalue weighted by Crippen LogP contribution is -2.43. The lowest BCUT2D eigenvalue weighted by molar-refractivity contribution is 0.292. The van der Waals surface area contributed by atoms with E-state index < -0.39 is 10.0 Å². The van der Waals surface area contributed by atoms with E-state index in [1.165, 1.54) is 17.5 Å². The molecule has 0 amide bonds. The standard InChI is InChI=1S/C18H33N3O2S/c1-9-14-19-16(18(5,6)7)15(17(2,3)4)13-10-12(11-21(13)14)20-24(8,22)23/h12,16,20H,9-11H2,1-8H3/t12-,16+/m0/s1. The molecule has 2 atom stereocenters. The maximum atomic E-state index is 11.7. The Morgan fingerprint density at radius 2 is 1.79 bits per heavy atom. The molecule has 2 aliphatic heterocycles. The lowest BCUT2D eigenvalue weighted by atomic mass is 9.71. The molecule has 0 radical (unpaired) electrons. The maximum absolute atomic E-state index is 11.7. The third kappa shape index (κ3) is 4.02. The van der Waals surface area contributed by atoms with Gasteiger partial charge in [0.2, 0.25) is 10.0 Å². The molecular formula is C18H33N3O2S. The Bertz CT molecular complexity index is 663. The summed E-state index contributed by atoms with van der Waals surface area (Å²) in [6.45, 7) is 16.2. The number of rotatable bonds is 3. The van der Waals surface area contributed by atoms with Gasteiger partial charge in [0.25, 0.3) is 0 Å². The van der Waals surface area contributed by atoms with Crippen molar-refractivity contribution in [3.63, 3.8) is 0 Å². The summed E-state index contributed by atoms with van der Waals surface area (Å²) in [6.07, 6.45) is 2.83. The quantitative estimate of drug-likeness (QED) is 0.846. The Morgan fingerprint density at radius 1 is 1.21 bits per heavy atom. The van der Waals surface area contributed by atoms with Gasteiger partial charge in [0.05, 0.1) is 12.3 Å². The van der Waals surface area contributed by atoms with Crippen molar-refractivity contribution in [3.8, 4) is 0 Å². The van der Waals surface area contributed by atoms with E-state index in [-0.39, 0.29) is 22.9 Å². The summed E-state index contributed by atoms with van der Waals surface area (Å²) < 4.78 is 26.1. The van der Waals surface area contributed by atoms with Crippen LogP contribution in [0.2, 0.25) is 0 Å². The second-order valence-electron chi connectivity index (χ2n) is 9.18. The average molecular weight is 356 g/mol. The highest BCUT2D eigenvalue weighted by molar-refractivity contribution is 7.88. The molecule has 0 saturated carbocycles. The van der Waals surface area contributed by atoms with Crippen LogP contribution in [0, 0.1) is 10.8 Å². The highest BCUT2D eigenvalue weighted by atomic mass is 32.2. The van der Waals surface area contributed by atoms with Crippen LogP contribution in [-0.2, 0) is 10.0 Å². The number of aliphatic imine (C=N–C) groups is 1. The molecule has 0 unspecified atom stereocenters. The average Bonchev–Trinajstić information content (AvgIpc) is 2.74. The molecule has 6 heteroatoms. The van der Waals surface area contributed by atoms with Crippen LogP contribution >= 0.6 is 0 Å². The van der Waals surface area contributed by atoms with Crippen LogP contribution in [0.25, 0.3) is 0 Å². The fraction of sp³-hybridized carbons (Fsp3) is 0.833. The molecule has 24 heavy (non-hydrogen) atoms. The number of fused-ring (bicyclic) bond motifs is 1. The molecule has 5 nitrogen and oxygen atoms in total. The zero-order valence-corrected chi connectivity index (χ0v) is 17.2. The highest BCUT2D eigenvalue weighted by Crippen LogP contribution is 2.45. The first-order valence-electron chi connectivity index (χ1n) is 8.79. The van der Waals surface area contributed by atoms with Gasteiger partial charge in [-0.2, -0.15) is 0 Å². The molecule has 2 aliphatic rings. The number of nitrogens with one attached hydrogen (secondary N) is 1. The van der Waals surface area contributed by atoms with Crippen LogP contribution in [0.5, 0.6) is 0 Å². The molecule has 0 aromatic carbocycles. The Hall–Kier alpha value is -0.880. The van der Waals surface area contributed by atoms with Crippen LogP contribution in [-0.4, -0.2) is 44.0 Å². The normalized spacial score (nSPS) is 25.8. The van der Waals surface area contributed by atoms with E-state index in [2.05, 4.69) is 58.1 Å². The zero-order chi connectivity index (χ0) is 18.5. The van der Waals surface area contributed by atoms with E-state index in [1.54, 1.807) is 0 Å². The van der Waals surface area contributed by atoms with Gasteiger partial charge < -0.3 is 4.90 Å². The number of hydrogen-bond donors (Lipinski definition) is 1. The first-order chi connectivity index (χ1) is 10.7. The fourth-order valence-electron chi connectivity index (χ4n) is 3.83. The van der Waals surface area contributed by atoms with Crippen molar-refractivity contribution in [3.05, 3.63) is 11.3 Å². The van der Waals surface area contributed by atoms with Gasteiger partial charge in [-0.25, -0.2) is 13.1 Å². The summed E-state index contributed by atoms with van der Waals surface area (Å²) in [5.74, 6) is 1.08. The molecule has 0 spiro atoms. The first-order valence-corrected chi connectivity index (χ1v) is 10.7. The van der Waals surface area contributed by atoms with Crippen LogP contribution in [0.15, 0.2) is 16.3 Å². The summed E-state index contributed by atoms with van der Waals surface area (Å²) >= 11 is 0. The van der Waals surface area contributed by atoms with Crippen LogP contribution < -0.4 is 4.72 Å². The van der Waals surface area contributed by atoms with Crippen molar-refractivity contribution in [2.45, 2.75) is 73.4 Å². The Morgan fingerprint density at radius 3 is 2.21 bits per heavy atom. The van der Waals surface area contributed by atoms with Crippen LogP contribution in [0.1, 0.15) is 61.3 Å². The maximum Gasteiger partial charge on any atom is 0.209 e. The fourth-order valence-corrected chi connectivity index (χ4v) is 4.59. The molecule has 0 aromatic heterocycles.